The molecular weight excluding hydrogens is 344 g/mol. The average Bonchev–Trinajstić information content (AvgIpc) is 3.35. The highest BCUT2D eigenvalue weighted by Gasteiger charge is 2.65. The Morgan fingerprint density at radius 1 is 1.33 bits per heavy atom. The van der Waals surface area contributed by atoms with Crippen LogP contribution in [0, 0.1) is 5.92 Å². The SMILES string of the molecule is CC(C)[C@@H]1CO[C@@]23CCN(C(=O)c4nn(C)c5ccccc45)[C@@H]2CC(=O)N13. The second-order valence-corrected chi connectivity index (χ2v) is 8.19. The molecule has 0 bridgehead atoms. The summed E-state index contributed by atoms with van der Waals surface area (Å²) in [5, 5.41) is 5.33. The van der Waals surface area contributed by atoms with E-state index in [1.807, 2.05) is 41.1 Å². The van der Waals surface area contributed by atoms with Crippen LogP contribution >= 0.6 is 0 Å². The van der Waals surface area contributed by atoms with E-state index in [1.165, 1.54) is 0 Å². The summed E-state index contributed by atoms with van der Waals surface area (Å²) in [4.78, 5) is 29.9. The largest absolute Gasteiger partial charge is 0.351 e. The van der Waals surface area contributed by atoms with E-state index in [-0.39, 0.29) is 23.9 Å². The third kappa shape index (κ3) is 2.09. The Hall–Kier alpha value is -2.41. The van der Waals surface area contributed by atoms with Crippen molar-refractivity contribution in [2.75, 3.05) is 13.2 Å². The fraction of sp³-hybridized carbons (Fsp3) is 0.550. The Morgan fingerprint density at radius 2 is 2.11 bits per heavy atom. The number of carbonyl (C=O) groups is 2. The van der Waals surface area contributed by atoms with Crippen LogP contribution in [0.5, 0.6) is 0 Å². The number of carbonyl (C=O) groups excluding carboxylic acids is 2. The predicted octanol–water partition coefficient (Wildman–Crippen LogP) is 1.77. The Bertz CT molecular complexity index is 952. The van der Waals surface area contributed by atoms with Crippen molar-refractivity contribution in [1.29, 1.82) is 0 Å². The van der Waals surface area contributed by atoms with Crippen LogP contribution in [0.25, 0.3) is 10.9 Å². The molecule has 7 nitrogen and oxygen atoms in total. The number of aromatic nitrogens is 2. The normalized spacial score (nSPS) is 29.9. The third-order valence-electron chi connectivity index (χ3n) is 6.48. The maximum Gasteiger partial charge on any atom is 0.275 e. The number of hydrogen-bond donors (Lipinski definition) is 0. The Balaban J connectivity index is 1.51. The molecule has 3 aliphatic rings. The summed E-state index contributed by atoms with van der Waals surface area (Å²) in [6.07, 6.45) is 1.00. The molecule has 4 heterocycles. The van der Waals surface area contributed by atoms with Crippen LogP contribution in [0.4, 0.5) is 0 Å². The molecule has 5 rings (SSSR count). The van der Waals surface area contributed by atoms with E-state index < -0.39 is 5.72 Å². The molecule has 3 atom stereocenters. The van der Waals surface area contributed by atoms with Crippen LogP contribution in [0.2, 0.25) is 0 Å². The van der Waals surface area contributed by atoms with Gasteiger partial charge in [0.2, 0.25) is 5.91 Å². The highest BCUT2D eigenvalue weighted by atomic mass is 16.5. The van der Waals surface area contributed by atoms with Crippen LogP contribution < -0.4 is 0 Å². The van der Waals surface area contributed by atoms with Crippen LogP contribution in [0.3, 0.4) is 0 Å². The van der Waals surface area contributed by atoms with Crippen molar-refractivity contribution in [2.45, 2.75) is 44.5 Å². The number of benzene rings is 1. The summed E-state index contributed by atoms with van der Waals surface area (Å²) in [7, 11) is 1.85. The number of rotatable bonds is 2. The van der Waals surface area contributed by atoms with Crippen molar-refractivity contribution in [3.63, 3.8) is 0 Å². The van der Waals surface area contributed by atoms with E-state index >= 15 is 0 Å². The molecule has 3 saturated heterocycles. The number of para-hydroxylation sites is 1. The fourth-order valence-corrected chi connectivity index (χ4v) is 5.12. The molecule has 3 fully saturated rings. The first-order valence-corrected chi connectivity index (χ1v) is 9.63. The quantitative estimate of drug-likeness (QED) is 0.810. The van der Waals surface area contributed by atoms with Crippen molar-refractivity contribution in [1.82, 2.24) is 19.6 Å². The van der Waals surface area contributed by atoms with E-state index in [4.69, 9.17) is 4.74 Å². The standard InChI is InChI=1S/C20H24N4O3/c1-12(2)15-11-27-20-8-9-23(16(20)10-17(25)24(15)20)19(26)18-13-6-4-5-7-14(13)22(3)21-18/h4-7,12,15-16H,8-11H2,1-3H3/t15-,16+,20-/m0/s1. The smallest absolute Gasteiger partial charge is 0.275 e. The topological polar surface area (TPSA) is 67.7 Å². The lowest BCUT2D eigenvalue weighted by atomic mass is 10.0. The van der Waals surface area contributed by atoms with Gasteiger partial charge in [-0.2, -0.15) is 5.10 Å². The van der Waals surface area contributed by atoms with Gasteiger partial charge in [-0.25, -0.2) is 0 Å². The summed E-state index contributed by atoms with van der Waals surface area (Å²) in [5.41, 5.74) is 0.733. The minimum atomic E-state index is -0.647. The molecule has 0 N–H and O–H groups in total. The van der Waals surface area contributed by atoms with Crippen molar-refractivity contribution in [3.05, 3.63) is 30.0 Å². The molecule has 2 aromatic rings. The minimum Gasteiger partial charge on any atom is -0.351 e. The van der Waals surface area contributed by atoms with Crippen LogP contribution in [0.1, 0.15) is 37.2 Å². The van der Waals surface area contributed by atoms with Gasteiger partial charge < -0.3 is 14.5 Å². The maximum atomic E-state index is 13.4. The van der Waals surface area contributed by atoms with Gasteiger partial charge in [-0.15, -0.1) is 0 Å². The Morgan fingerprint density at radius 3 is 2.89 bits per heavy atom. The van der Waals surface area contributed by atoms with Crippen molar-refractivity contribution < 1.29 is 14.3 Å². The first kappa shape index (κ1) is 16.7. The average molecular weight is 368 g/mol. The Kier molecular flexibility index (Phi) is 3.44. The zero-order valence-electron chi connectivity index (χ0n) is 15.9. The molecule has 3 aliphatic heterocycles. The molecule has 0 aliphatic carbocycles. The zero-order valence-corrected chi connectivity index (χ0v) is 15.9. The summed E-state index contributed by atoms with van der Waals surface area (Å²) >= 11 is 0. The van der Waals surface area contributed by atoms with Gasteiger partial charge in [-0.05, 0) is 12.0 Å². The van der Waals surface area contributed by atoms with Gasteiger partial charge >= 0.3 is 0 Å². The maximum absolute atomic E-state index is 13.4. The van der Waals surface area contributed by atoms with E-state index in [0.29, 0.717) is 37.6 Å². The number of amides is 2. The lowest BCUT2D eigenvalue weighted by Gasteiger charge is -2.34. The number of aryl methyl sites for hydroxylation is 1. The Labute approximate surface area is 157 Å². The van der Waals surface area contributed by atoms with Crippen molar-refractivity contribution >= 4 is 22.7 Å². The number of nitrogens with zero attached hydrogens (tertiary/aromatic N) is 4. The summed E-state index contributed by atoms with van der Waals surface area (Å²) < 4.78 is 7.96. The van der Waals surface area contributed by atoms with Gasteiger partial charge in [0, 0.05) is 25.4 Å². The van der Waals surface area contributed by atoms with Crippen LogP contribution in [0.15, 0.2) is 24.3 Å². The van der Waals surface area contributed by atoms with E-state index in [1.54, 1.807) is 4.68 Å². The number of fused-ring (bicyclic) bond motifs is 1. The molecule has 7 heteroatoms. The molecule has 0 radical (unpaired) electrons. The molecule has 27 heavy (non-hydrogen) atoms. The monoisotopic (exact) mass is 368 g/mol. The van der Waals surface area contributed by atoms with Crippen molar-refractivity contribution in [2.24, 2.45) is 13.0 Å². The summed E-state index contributed by atoms with van der Waals surface area (Å²) in [6, 6.07) is 7.60. The van der Waals surface area contributed by atoms with E-state index in [2.05, 4.69) is 18.9 Å². The van der Waals surface area contributed by atoms with Crippen LogP contribution in [-0.4, -0.2) is 62.4 Å². The first-order chi connectivity index (χ1) is 12.9. The molecule has 0 unspecified atom stereocenters. The highest BCUT2D eigenvalue weighted by molar-refractivity contribution is 6.05. The van der Waals surface area contributed by atoms with Gasteiger partial charge in [-0.1, -0.05) is 32.0 Å². The first-order valence-electron chi connectivity index (χ1n) is 9.63. The fourth-order valence-electron chi connectivity index (χ4n) is 5.12. The van der Waals surface area contributed by atoms with E-state index in [0.717, 1.165) is 10.9 Å². The van der Waals surface area contributed by atoms with Gasteiger partial charge in [0.25, 0.3) is 5.91 Å². The predicted molar refractivity (Wildman–Crippen MR) is 98.9 cm³/mol. The molecule has 1 spiro atoms. The lowest BCUT2D eigenvalue weighted by molar-refractivity contribution is -0.139. The second-order valence-electron chi connectivity index (χ2n) is 8.19. The zero-order chi connectivity index (χ0) is 18.9. The van der Waals surface area contributed by atoms with Crippen LogP contribution in [-0.2, 0) is 16.6 Å². The van der Waals surface area contributed by atoms with Crippen molar-refractivity contribution in [3.8, 4) is 0 Å². The van der Waals surface area contributed by atoms with Gasteiger partial charge in [-0.3, -0.25) is 14.3 Å². The minimum absolute atomic E-state index is 0.0910. The molecule has 1 aromatic carbocycles. The highest BCUT2D eigenvalue weighted by Crippen LogP contribution is 2.49. The summed E-state index contributed by atoms with van der Waals surface area (Å²) in [5.74, 6) is 0.316. The number of hydrogen-bond acceptors (Lipinski definition) is 4. The molecule has 1 aromatic heterocycles. The number of ether oxygens (including phenoxy) is 1. The number of likely N-dealkylation sites (tertiary alicyclic amines) is 1. The van der Waals surface area contributed by atoms with E-state index in [9.17, 15) is 9.59 Å². The van der Waals surface area contributed by atoms with Gasteiger partial charge in [0.05, 0.1) is 30.6 Å². The third-order valence-corrected chi connectivity index (χ3v) is 6.48. The molecular formula is C20H24N4O3. The lowest BCUT2D eigenvalue weighted by Crippen LogP contribution is -2.51. The van der Waals surface area contributed by atoms with Gasteiger partial charge in [0.15, 0.2) is 11.4 Å². The van der Waals surface area contributed by atoms with Gasteiger partial charge in [0.1, 0.15) is 0 Å². The molecule has 142 valence electrons. The summed E-state index contributed by atoms with van der Waals surface area (Å²) in [6.45, 7) is 5.37. The molecule has 2 amide bonds. The second kappa shape index (κ2) is 5.55. The molecule has 0 saturated carbocycles.